The van der Waals surface area contributed by atoms with Gasteiger partial charge in [0.05, 0.1) is 22.9 Å². The number of halogens is 1. The summed E-state index contributed by atoms with van der Waals surface area (Å²) in [5.74, 6) is -1.44. The molecule has 3 rings (SSSR count). The number of hydrogen-bond donors (Lipinski definition) is 1. The number of para-hydroxylation sites is 1. The number of primary amides is 1. The van der Waals surface area contributed by atoms with Gasteiger partial charge >= 0.3 is 0 Å². The maximum atomic E-state index is 14.3. The van der Waals surface area contributed by atoms with Crippen LogP contribution in [0, 0.1) is 15.9 Å². The lowest BCUT2D eigenvalue weighted by atomic mass is 9.85. The molecule has 0 aliphatic carbocycles. The number of carbonyl (C=O) groups is 1. The molecular weight excluding hydrogens is 325 g/mol. The average Bonchev–Trinajstić information content (AvgIpc) is 2.57. The Morgan fingerprint density at radius 2 is 2.04 bits per heavy atom. The van der Waals surface area contributed by atoms with Crippen LogP contribution in [0.5, 0.6) is 0 Å². The van der Waals surface area contributed by atoms with Crippen molar-refractivity contribution in [3.05, 3.63) is 69.5 Å². The first-order valence-electron chi connectivity index (χ1n) is 7.96. The van der Waals surface area contributed by atoms with E-state index in [4.69, 9.17) is 5.73 Å². The van der Waals surface area contributed by atoms with E-state index in [1.54, 1.807) is 0 Å². The minimum atomic E-state index is -0.615. The van der Waals surface area contributed by atoms with E-state index in [0.29, 0.717) is 6.42 Å². The van der Waals surface area contributed by atoms with Crippen molar-refractivity contribution in [3.63, 3.8) is 0 Å². The number of fused-ring (bicyclic) bond motifs is 1. The summed E-state index contributed by atoms with van der Waals surface area (Å²) in [6.45, 7) is 1.95. The van der Waals surface area contributed by atoms with Crippen molar-refractivity contribution in [1.29, 1.82) is 0 Å². The molecule has 1 aliphatic heterocycles. The lowest BCUT2D eigenvalue weighted by Crippen LogP contribution is -2.41. The van der Waals surface area contributed by atoms with Gasteiger partial charge in [-0.1, -0.05) is 24.3 Å². The number of benzene rings is 2. The second-order valence-electron chi connectivity index (χ2n) is 6.22. The first-order chi connectivity index (χ1) is 11.9. The molecule has 2 aromatic carbocycles. The molecule has 1 heterocycles. The monoisotopic (exact) mass is 343 g/mol. The molecule has 0 radical (unpaired) electrons. The number of amides is 1. The fourth-order valence-electron chi connectivity index (χ4n) is 3.43. The minimum Gasteiger partial charge on any atom is -0.369 e. The zero-order valence-electron chi connectivity index (χ0n) is 13.7. The average molecular weight is 343 g/mol. The number of hydrogen-bond acceptors (Lipinski definition) is 4. The van der Waals surface area contributed by atoms with Crippen molar-refractivity contribution in [3.8, 4) is 0 Å². The molecule has 0 saturated carbocycles. The smallest absolute Gasteiger partial charge is 0.277 e. The van der Waals surface area contributed by atoms with Crippen molar-refractivity contribution >= 4 is 17.3 Å². The van der Waals surface area contributed by atoms with Gasteiger partial charge in [0.15, 0.2) is 0 Å². The van der Waals surface area contributed by atoms with E-state index in [1.165, 1.54) is 18.2 Å². The van der Waals surface area contributed by atoms with E-state index in [0.717, 1.165) is 11.3 Å². The van der Waals surface area contributed by atoms with Gasteiger partial charge in [0.25, 0.3) is 5.69 Å². The lowest BCUT2D eigenvalue weighted by molar-refractivity contribution is -0.385. The Bertz CT molecular complexity index is 840. The molecule has 2 N–H and O–H groups in total. The molecule has 2 aromatic rings. The molecule has 0 aromatic heterocycles. The summed E-state index contributed by atoms with van der Waals surface area (Å²) in [5, 5.41) is 11.2. The number of anilines is 1. The maximum absolute atomic E-state index is 14.3. The van der Waals surface area contributed by atoms with Crippen LogP contribution in [0.25, 0.3) is 0 Å². The first-order valence-corrected chi connectivity index (χ1v) is 7.96. The van der Waals surface area contributed by atoms with Gasteiger partial charge in [0, 0.05) is 17.8 Å². The number of nitrogens with two attached hydrogens (primary N) is 1. The third-order valence-corrected chi connectivity index (χ3v) is 4.69. The van der Waals surface area contributed by atoms with Crippen molar-refractivity contribution < 1.29 is 14.1 Å². The summed E-state index contributed by atoms with van der Waals surface area (Å²) < 4.78 is 14.3. The quantitative estimate of drug-likeness (QED) is 0.682. The molecule has 0 fully saturated rings. The summed E-state index contributed by atoms with van der Waals surface area (Å²) in [7, 11) is 0. The van der Waals surface area contributed by atoms with Crippen molar-refractivity contribution in [2.45, 2.75) is 31.8 Å². The Balaban J connectivity index is 2.05. The number of rotatable bonds is 4. The molecule has 0 saturated heterocycles. The van der Waals surface area contributed by atoms with Gasteiger partial charge in [-0.05, 0) is 31.0 Å². The number of carbonyl (C=O) groups excluding carboxylic acids is 1. The van der Waals surface area contributed by atoms with Crippen molar-refractivity contribution in [1.82, 2.24) is 0 Å². The highest BCUT2D eigenvalue weighted by atomic mass is 19.1. The van der Waals surface area contributed by atoms with Crippen LogP contribution in [-0.2, 0) is 11.3 Å². The summed E-state index contributed by atoms with van der Waals surface area (Å²) in [5.41, 5.74) is 6.83. The second kappa shape index (κ2) is 6.51. The first kappa shape index (κ1) is 16.9. The summed E-state index contributed by atoms with van der Waals surface area (Å²) >= 11 is 0. The van der Waals surface area contributed by atoms with Crippen LogP contribution in [0.1, 0.15) is 30.4 Å². The van der Waals surface area contributed by atoms with Gasteiger partial charge in [0.1, 0.15) is 5.82 Å². The standard InChI is InChI=1S/C18H18FN3O3/c1-11-9-13(18(20)23)12-5-2-3-7-16(12)21(11)10-14-15(19)6-4-8-17(14)22(24)25/h2-8,11,13H,9-10H2,1H3,(H2,20,23). The molecule has 7 heteroatoms. The van der Waals surface area contributed by atoms with Gasteiger partial charge in [-0.15, -0.1) is 0 Å². The molecule has 1 aliphatic rings. The topological polar surface area (TPSA) is 89.5 Å². The predicted molar refractivity (Wildman–Crippen MR) is 91.7 cm³/mol. The highest BCUT2D eigenvalue weighted by Gasteiger charge is 2.34. The SMILES string of the molecule is CC1CC(C(N)=O)c2ccccc2N1Cc1c(F)cccc1[N+](=O)[O-]. The summed E-state index contributed by atoms with van der Waals surface area (Å²) in [6, 6.07) is 11.0. The van der Waals surface area contributed by atoms with E-state index in [1.807, 2.05) is 36.1 Å². The Morgan fingerprint density at radius 3 is 2.72 bits per heavy atom. The van der Waals surface area contributed by atoms with Gasteiger partial charge in [-0.2, -0.15) is 0 Å². The molecular formula is C18H18FN3O3. The molecule has 0 bridgehead atoms. The Kier molecular flexibility index (Phi) is 4.39. The molecule has 2 unspecified atom stereocenters. The van der Waals surface area contributed by atoms with Crippen LogP contribution in [-0.4, -0.2) is 16.9 Å². The van der Waals surface area contributed by atoms with Gasteiger partial charge in [-0.3, -0.25) is 14.9 Å². The van der Waals surface area contributed by atoms with Crippen LogP contribution in [0.3, 0.4) is 0 Å². The van der Waals surface area contributed by atoms with Crippen LogP contribution in [0.4, 0.5) is 15.8 Å². The van der Waals surface area contributed by atoms with E-state index < -0.39 is 22.6 Å². The van der Waals surface area contributed by atoms with Crippen molar-refractivity contribution in [2.75, 3.05) is 4.90 Å². The highest BCUT2D eigenvalue weighted by molar-refractivity contribution is 5.85. The number of nitrogens with zero attached hydrogens (tertiary/aromatic N) is 2. The molecule has 6 nitrogen and oxygen atoms in total. The van der Waals surface area contributed by atoms with Gasteiger partial charge in [0.2, 0.25) is 5.91 Å². The molecule has 1 amide bonds. The van der Waals surface area contributed by atoms with Crippen LogP contribution < -0.4 is 10.6 Å². The van der Waals surface area contributed by atoms with Gasteiger partial charge < -0.3 is 10.6 Å². The van der Waals surface area contributed by atoms with Crippen LogP contribution in [0.15, 0.2) is 42.5 Å². The highest BCUT2D eigenvalue weighted by Crippen LogP contribution is 2.39. The van der Waals surface area contributed by atoms with Crippen LogP contribution in [0.2, 0.25) is 0 Å². The summed E-state index contributed by atoms with van der Waals surface area (Å²) in [4.78, 5) is 24.3. The lowest BCUT2D eigenvalue weighted by Gasteiger charge is -2.40. The Morgan fingerprint density at radius 1 is 1.32 bits per heavy atom. The second-order valence-corrected chi connectivity index (χ2v) is 6.22. The maximum Gasteiger partial charge on any atom is 0.277 e. The third kappa shape index (κ3) is 3.05. The van der Waals surface area contributed by atoms with Gasteiger partial charge in [-0.25, -0.2) is 4.39 Å². The molecule has 0 spiro atoms. The fraction of sp³-hybridized carbons (Fsp3) is 0.278. The molecule has 2 atom stereocenters. The zero-order valence-corrected chi connectivity index (χ0v) is 13.7. The third-order valence-electron chi connectivity index (χ3n) is 4.69. The van der Waals surface area contributed by atoms with Crippen LogP contribution >= 0.6 is 0 Å². The van der Waals surface area contributed by atoms with E-state index in [-0.39, 0.29) is 23.8 Å². The fourth-order valence-corrected chi connectivity index (χ4v) is 3.43. The number of nitro groups is 1. The molecule has 25 heavy (non-hydrogen) atoms. The number of nitro benzene ring substituents is 1. The van der Waals surface area contributed by atoms with E-state index in [9.17, 15) is 19.3 Å². The van der Waals surface area contributed by atoms with Crippen molar-refractivity contribution in [2.24, 2.45) is 5.73 Å². The summed E-state index contributed by atoms with van der Waals surface area (Å²) in [6.07, 6.45) is 0.481. The Labute approximate surface area is 144 Å². The van der Waals surface area contributed by atoms with E-state index in [2.05, 4.69) is 0 Å². The van der Waals surface area contributed by atoms with E-state index >= 15 is 0 Å². The molecule has 130 valence electrons. The largest absolute Gasteiger partial charge is 0.369 e. The minimum absolute atomic E-state index is 0.0340. The Hall–Kier alpha value is -2.96. The zero-order chi connectivity index (χ0) is 18.1. The normalized spacial score (nSPS) is 19.4. The predicted octanol–water partition coefficient (Wildman–Crippen LogP) is 3.10.